The lowest BCUT2D eigenvalue weighted by atomic mass is 10.2. The smallest absolute Gasteiger partial charge is 0.188 e. The summed E-state index contributed by atoms with van der Waals surface area (Å²) in [6.07, 6.45) is 1.68. The summed E-state index contributed by atoms with van der Waals surface area (Å²) in [6.45, 7) is 5.64. The van der Waals surface area contributed by atoms with Crippen LogP contribution in [0.3, 0.4) is 0 Å². The Bertz CT molecular complexity index is 363. The van der Waals surface area contributed by atoms with Crippen molar-refractivity contribution >= 4 is 29.9 Å². The summed E-state index contributed by atoms with van der Waals surface area (Å²) in [5, 5.41) is 3.13. The highest BCUT2D eigenvalue weighted by Crippen LogP contribution is 2.17. The SMILES string of the molecule is CC(C)CN=C(N)NCC(c1ccco1)N(C)C.I. The van der Waals surface area contributed by atoms with E-state index in [0.717, 1.165) is 12.3 Å². The quantitative estimate of drug-likeness (QED) is 0.451. The van der Waals surface area contributed by atoms with E-state index < -0.39 is 0 Å². The normalized spacial score (nSPS) is 13.5. The van der Waals surface area contributed by atoms with Gasteiger partial charge in [0.05, 0.1) is 12.3 Å². The second-order valence-corrected chi connectivity index (χ2v) is 5.00. The summed E-state index contributed by atoms with van der Waals surface area (Å²) in [4.78, 5) is 6.36. The van der Waals surface area contributed by atoms with Crippen LogP contribution in [0.2, 0.25) is 0 Å². The molecule has 0 aromatic carbocycles. The second kappa shape index (κ2) is 9.19. The van der Waals surface area contributed by atoms with E-state index in [2.05, 4.69) is 29.1 Å². The third-order valence-corrected chi connectivity index (χ3v) is 2.60. The zero-order chi connectivity index (χ0) is 13.5. The number of halogens is 1. The van der Waals surface area contributed by atoms with Gasteiger partial charge in [-0.05, 0) is 32.1 Å². The number of likely N-dealkylation sites (N-methyl/N-ethyl adjacent to an activating group) is 1. The van der Waals surface area contributed by atoms with Crippen molar-refractivity contribution in [1.29, 1.82) is 0 Å². The fourth-order valence-electron chi connectivity index (χ4n) is 1.56. The van der Waals surface area contributed by atoms with E-state index in [4.69, 9.17) is 10.2 Å². The summed E-state index contributed by atoms with van der Waals surface area (Å²) >= 11 is 0. The molecule has 3 N–H and O–H groups in total. The second-order valence-electron chi connectivity index (χ2n) is 5.00. The highest BCUT2D eigenvalue weighted by Gasteiger charge is 2.16. The van der Waals surface area contributed by atoms with Gasteiger partial charge in [-0.15, -0.1) is 24.0 Å². The van der Waals surface area contributed by atoms with Crippen molar-refractivity contribution in [2.75, 3.05) is 27.2 Å². The largest absolute Gasteiger partial charge is 0.468 e. The van der Waals surface area contributed by atoms with Gasteiger partial charge in [-0.1, -0.05) is 13.8 Å². The lowest BCUT2D eigenvalue weighted by Gasteiger charge is -2.22. The van der Waals surface area contributed by atoms with Crippen LogP contribution in [0, 0.1) is 5.92 Å². The lowest BCUT2D eigenvalue weighted by Crippen LogP contribution is -2.38. The molecule has 0 aliphatic rings. The zero-order valence-corrected chi connectivity index (χ0v) is 14.4. The van der Waals surface area contributed by atoms with Gasteiger partial charge >= 0.3 is 0 Å². The predicted molar refractivity (Wildman–Crippen MR) is 89.9 cm³/mol. The number of guanidine groups is 1. The molecule has 1 rings (SSSR count). The van der Waals surface area contributed by atoms with Crippen LogP contribution in [0.4, 0.5) is 0 Å². The molecule has 5 nitrogen and oxygen atoms in total. The molecule has 0 radical (unpaired) electrons. The molecule has 0 saturated carbocycles. The summed E-state index contributed by atoms with van der Waals surface area (Å²) in [6, 6.07) is 4.00. The maximum absolute atomic E-state index is 5.81. The number of rotatable bonds is 6. The summed E-state index contributed by atoms with van der Waals surface area (Å²) in [5.74, 6) is 1.92. The Labute approximate surface area is 132 Å². The van der Waals surface area contributed by atoms with Crippen molar-refractivity contribution in [3.8, 4) is 0 Å². The molecule has 19 heavy (non-hydrogen) atoms. The van der Waals surface area contributed by atoms with Crippen LogP contribution in [0.25, 0.3) is 0 Å². The Balaban J connectivity index is 0.00000324. The molecule has 0 amide bonds. The van der Waals surface area contributed by atoms with Gasteiger partial charge in [-0.2, -0.15) is 0 Å². The Morgan fingerprint density at radius 2 is 2.16 bits per heavy atom. The minimum absolute atomic E-state index is 0. The van der Waals surface area contributed by atoms with Gasteiger partial charge in [-0.25, -0.2) is 0 Å². The van der Waals surface area contributed by atoms with Crippen molar-refractivity contribution in [2.24, 2.45) is 16.6 Å². The molecular weight excluding hydrogens is 355 g/mol. The van der Waals surface area contributed by atoms with E-state index >= 15 is 0 Å². The van der Waals surface area contributed by atoms with Crippen molar-refractivity contribution in [3.63, 3.8) is 0 Å². The maximum atomic E-state index is 5.81. The topological polar surface area (TPSA) is 66.8 Å². The van der Waals surface area contributed by atoms with Crippen LogP contribution in [-0.4, -0.2) is 38.0 Å². The molecule has 110 valence electrons. The van der Waals surface area contributed by atoms with Gasteiger partial charge in [0.15, 0.2) is 5.96 Å². The summed E-state index contributed by atoms with van der Waals surface area (Å²) < 4.78 is 5.43. The molecule has 1 aromatic heterocycles. The lowest BCUT2D eigenvalue weighted by molar-refractivity contribution is 0.258. The number of furan rings is 1. The molecule has 0 fully saturated rings. The highest BCUT2D eigenvalue weighted by molar-refractivity contribution is 14.0. The molecule has 1 aromatic rings. The Hall–Kier alpha value is -0.760. The number of aliphatic imine (C=N–C) groups is 1. The van der Waals surface area contributed by atoms with Gasteiger partial charge in [-0.3, -0.25) is 9.89 Å². The fraction of sp³-hybridized carbons (Fsp3) is 0.615. The standard InChI is InChI=1S/C13H24N4O.HI/c1-10(2)8-15-13(14)16-9-11(17(3)4)12-6-5-7-18-12;/h5-7,10-11H,8-9H2,1-4H3,(H3,14,15,16);1H. The fourth-order valence-corrected chi connectivity index (χ4v) is 1.56. The van der Waals surface area contributed by atoms with Crippen LogP contribution in [0.15, 0.2) is 27.8 Å². The number of hydrogen-bond donors (Lipinski definition) is 2. The summed E-state index contributed by atoms with van der Waals surface area (Å²) in [7, 11) is 4.02. The minimum Gasteiger partial charge on any atom is -0.468 e. The number of nitrogens with two attached hydrogens (primary N) is 1. The third kappa shape index (κ3) is 6.81. The van der Waals surface area contributed by atoms with Crippen LogP contribution < -0.4 is 11.1 Å². The van der Waals surface area contributed by atoms with Crippen LogP contribution in [0.1, 0.15) is 25.6 Å². The van der Waals surface area contributed by atoms with E-state index in [1.807, 2.05) is 26.2 Å². The first-order chi connectivity index (χ1) is 8.50. The van der Waals surface area contributed by atoms with Crippen molar-refractivity contribution in [3.05, 3.63) is 24.2 Å². The van der Waals surface area contributed by atoms with Gasteiger partial charge in [0.25, 0.3) is 0 Å². The Morgan fingerprint density at radius 1 is 1.47 bits per heavy atom. The molecular formula is C13H25IN4O. The molecule has 1 unspecified atom stereocenters. The van der Waals surface area contributed by atoms with Gasteiger partial charge in [0.1, 0.15) is 5.76 Å². The monoisotopic (exact) mass is 380 g/mol. The molecule has 1 atom stereocenters. The van der Waals surface area contributed by atoms with E-state index in [1.165, 1.54) is 0 Å². The first-order valence-electron chi connectivity index (χ1n) is 6.24. The average molecular weight is 380 g/mol. The van der Waals surface area contributed by atoms with Crippen molar-refractivity contribution in [2.45, 2.75) is 19.9 Å². The van der Waals surface area contributed by atoms with Crippen molar-refractivity contribution in [1.82, 2.24) is 10.2 Å². The van der Waals surface area contributed by atoms with Gasteiger partial charge in [0.2, 0.25) is 0 Å². The van der Waals surface area contributed by atoms with Crippen LogP contribution >= 0.6 is 24.0 Å². The molecule has 0 spiro atoms. The predicted octanol–water partition coefficient (Wildman–Crippen LogP) is 2.06. The molecule has 0 aliphatic carbocycles. The van der Waals surface area contributed by atoms with Crippen LogP contribution in [0.5, 0.6) is 0 Å². The number of nitrogens with one attached hydrogen (secondary N) is 1. The molecule has 1 heterocycles. The number of nitrogens with zero attached hydrogens (tertiary/aromatic N) is 2. The van der Waals surface area contributed by atoms with Crippen LogP contribution in [-0.2, 0) is 0 Å². The number of hydrogen-bond acceptors (Lipinski definition) is 3. The van der Waals surface area contributed by atoms with Crippen molar-refractivity contribution < 1.29 is 4.42 Å². The minimum atomic E-state index is 0. The zero-order valence-electron chi connectivity index (χ0n) is 12.1. The highest BCUT2D eigenvalue weighted by atomic mass is 127. The molecule has 0 aliphatic heterocycles. The van der Waals surface area contributed by atoms with E-state index in [1.54, 1.807) is 6.26 Å². The maximum Gasteiger partial charge on any atom is 0.188 e. The van der Waals surface area contributed by atoms with Gasteiger partial charge in [0, 0.05) is 13.1 Å². The summed E-state index contributed by atoms with van der Waals surface area (Å²) in [5.41, 5.74) is 5.81. The van der Waals surface area contributed by atoms with Gasteiger partial charge < -0.3 is 15.5 Å². The molecule has 0 saturated heterocycles. The average Bonchev–Trinajstić information content (AvgIpc) is 2.79. The van der Waals surface area contributed by atoms with E-state index in [0.29, 0.717) is 18.4 Å². The Morgan fingerprint density at radius 3 is 2.63 bits per heavy atom. The Kier molecular flexibility index (Phi) is 8.82. The molecule has 0 bridgehead atoms. The molecule has 6 heteroatoms. The third-order valence-electron chi connectivity index (χ3n) is 2.60. The first-order valence-corrected chi connectivity index (χ1v) is 6.24. The van der Waals surface area contributed by atoms with E-state index in [9.17, 15) is 0 Å². The first kappa shape index (κ1) is 18.2. The van der Waals surface area contributed by atoms with E-state index in [-0.39, 0.29) is 30.0 Å².